The molecule has 1 aliphatic carbocycles. The van der Waals surface area contributed by atoms with Crippen molar-refractivity contribution in [3.8, 4) is 22.5 Å². The minimum atomic E-state index is 0.349. The second-order valence-electron chi connectivity index (χ2n) is 9.31. The highest BCUT2D eigenvalue weighted by Crippen LogP contribution is 2.41. The summed E-state index contributed by atoms with van der Waals surface area (Å²) in [7, 11) is 0. The molecule has 6 heteroatoms. The van der Waals surface area contributed by atoms with E-state index in [1.807, 2.05) is 30.3 Å². The Hall–Kier alpha value is -3.02. The summed E-state index contributed by atoms with van der Waals surface area (Å²) < 4.78 is 0. The lowest BCUT2D eigenvalue weighted by molar-refractivity contribution is 0.319. The van der Waals surface area contributed by atoms with Crippen molar-refractivity contribution in [2.75, 3.05) is 0 Å². The summed E-state index contributed by atoms with van der Waals surface area (Å²) in [4.78, 5) is 8.68. The van der Waals surface area contributed by atoms with Gasteiger partial charge in [-0.2, -0.15) is 5.10 Å². The van der Waals surface area contributed by atoms with Crippen molar-refractivity contribution >= 4 is 11.6 Å². The molecule has 1 saturated carbocycles. The van der Waals surface area contributed by atoms with Crippen LogP contribution in [0.25, 0.3) is 22.5 Å². The Bertz CT molecular complexity index is 1210. The Kier molecular flexibility index (Phi) is 6.75. The summed E-state index contributed by atoms with van der Waals surface area (Å²) in [6, 6.07) is 19.5. The van der Waals surface area contributed by atoms with Gasteiger partial charge in [-0.15, -0.1) is 0 Å². The Balaban J connectivity index is 1.34. The van der Waals surface area contributed by atoms with Gasteiger partial charge >= 0.3 is 0 Å². The van der Waals surface area contributed by atoms with Gasteiger partial charge in [0.05, 0.1) is 5.69 Å². The molecule has 2 aromatic carbocycles. The van der Waals surface area contributed by atoms with Crippen LogP contribution < -0.4 is 5.32 Å². The third kappa shape index (κ3) is 4.91. The highest BCUT2D eigenvalue weighted by Gasteiger charge is 2.29. The van der Waals surface area contributed by atoms with Crippen molar-refractivity contribution < 1.29 is 0 Å². The van der Waals surface area contributed by atoms with Crippen LogP contribution in [0, 0.1) is 6.92 Å². The van der Waals surface area contributed by atoms with Crippen LogP contribution in [0.2, 0.25) is 5.02 Å². The van der Waals surface area contributed by atoms with Gasteiger partial charge in [-0.3, -0.25) is 5.10 Å². The maximum Gasteiger partial charge on any atom is 0.116 e. The summed E-state index contributed by atoms with van der Waals surface area (Å²) in [5.41, 5.74) is 7.74. The van der Waals surface area contributed by atoms with Gasteiger partial charge in [0.1, 0.15) is 12.0 Å². The van der Waals surface area contributed by atoms with Gasteiger partial charge in [0.25, 0.3) is 0 Å². The number of hydrogen-bond acceptors (Lipinski definition) is 4. The summed E-state index contributed by atoms with van der Waals surface area (Å²) >= 11 is 6.12. The minimum absolute atomic E-state index is 0.349. The number of nitrogens with one attached hydrogen (secondary N) is 2. The van der Waals surface area contributed by atoms with E-state index in [2.05, 4.69) is 58.5 Å². The Labute approximate surface area is 206 Å². The fraction of sp³-hybridized carbons (Fsp3) is 0.321. The Morgan fingerprint density at radius 1 is 0.971 bits per heavy atom. The van der Waals surface area contributed by atoms with E-state index in [1.54, 1.807) is 12.5 Å². The third-order valence-electron chi connectivity index (χ3n) is 6.95. The van der Waals surface area contributed by atoms with Crippen LogP contribution in [-0.4, -0.2) is 26.2 Å². The molecule has 4 aromatic rings. The summed E-state index contributed by atoms with van der Waals surface area (Å²) in [6.07, 6.45) is 7.89. The first-order chi connectivity index (χ1) is 16.6. The number of aromatic nitrogens is 4. The van der Waals surface area contributed by atoms with E-state index in [0.717, 1.165) is 48.2 Å². The van der Waals surface area contributed by atoms with Crippen LogP contribution in [-0.2, 0) is 0 Å². The van der Waals surface area contributed by atoms with Crippen LogP contribution in [0.5, 0.6) is 0 Å². The molecule has 0 spiro atoms. The van der Waals surface area contributed by atoms with Gasteiger partial charge in [-0.1, -0.05) is 53.6 Å². The molecular weight excluding hydrogens is 442 g/mol. The van der Waals surface area contributed by atoms with Crippen LogP contribution in [0.15, 0.2) is 67.1 Å². The highest BCUT2D eigenvalue weighted by atomic mass is 35.5. The van der Waals surface area contributed by atoms with E-state index in [1.165, 1.54) is 16.8 Å². The molecule has 174 valence electrons. The van der Waals surface area contributed by atoms with E-state index in [9.17, 15) is 0 Å². The van der Waals surface area contributed by atoms with E-state index in [-0.39, 0.29) is 0 Å². The second kappa shape index (κ2) is 10.1. The standard InChI is InChI=1S/C28H30ClN5/c1-18-3-5-20(6-4-18)19(2)32-24-13-9-22(10-14-24)28-26(25-15-16-30-17-31-25)27(33-34-28)21-7-11-23(29)12-8-21/h3-8,11-12,15-17,19,22,24,32H,9-10,13-14H2,1-2H3,(H,33,34). The van der Waals surface area contributed by atoms with Gasteiger partial charge in [0, 0.05) is 46.0 Å². The summed E-state index contributed by atoms with van der Waals surface area (Å²) in [5, 5.41) is 12.7. The summed E-state index contributed by atoms with van der Waals surface area (Å²) in [6.45, 7) is 4.39. The fourth-order valence-corrected chi connectivity index (χ4v) is 5.15. The first kappa shape index (κ1) is 22.8. The second-order valence-corrected chi connectivity index (χ2v) is 9.75. The minimum Gasteiger partial charge on any atom is -0.307 e. The highest BCUT2D eigenvalue weighted by molar-refractivity contribution is 6.30. The van der Waals surface area contributed by atoms with Crippen molar-refractivity contribution in [2.45, 2.75) is 57.5 Å². The van der Waals surface area contributed by atoms with Crippen LogP contribution >= 0.6 is 11.6 Å². The molecule has 5 rings (SSSR count). The van der Waals surface area contributed by atoms with Crippen LogP contribution in [0.1, 0.15) is 61.4 Å². The van der Waals surface area contributed by atoms with E-state index < -0.39 is 0 Å². The van der Waals surface area contributed by atoms with Crippen molar-refractivity contribution in [2.24, 2.45) is 0 Å². The Morgan fingerprint density at radius 3 is 2.38 bits per heavy atom. The quantitative estimate of drug-likeness (QED) is 0.322. The van der Waals surface area contributed by atoms with Crippen molar-refractivity contribution in [3.05, 3.63) is 89.0 Å². The van der Waals surface area contributed by atoms with Gasteiger partial charge < -0.3 is 5.32 Å². The average molecular weight is 472 g/mol. The first-order valence-corrected chi connectivity index (χ1v) is 12.4. The molecule has 0 radical (unpaired) electrons. The van der Waals surface area contributed by atoms with Gasteiger partial charge in [0.15, 0.2) is 0 Å². The number of hydrogen-bond donors (Lipinski definition) is 2. The molecule has 1 atom stereocenters. The van der Waals surface area contributed by atoms with E-state index >= 15 is 0 Å². The van der Waals surface area contributed by atoms with Crippen molar-refractivity contribution in [1.82, 2.24) is 25.5 Å². The molecule has 1 aliphatic rings. The van der Waals surface area contributed by atoms with Crippen LogP contribution in [0.3, 0.4) is 0 Å². The number of benzene rings is 2. The van der Waals surface area contributed by atoms with Crippen molar-refractivity contribution in [1.29, 1.82) is 0 Å². The first-order valence-electron chi connectivity index (χ1n) is 12.0. The predicted molar refractivity (Wildman–Crippen MR) is 138 cm³/mol. The van der Waals surface area contributed by atoms with Gasteiger partial charge in [-0.05, 0) is 63.3 Å². The molecule has 0 aliphatic heterocycles. The van der Waals surface area contributed by atoms with Crippen LogP contribution in [0.4, 0.5) is 0 Å². The molecular formula is C28H30ClN5. The van der Waals surface area contributed by atoms with Crippen molar-refractivity contribution in [3.63, 3.8) is 0 Å². The Morgan fingerprint density at radius 2 is 1.71 bits per heavy atom. The largest absolute Gasteiger partial charge is 0.307 e. The molecule has 1 unspecified atom stereocenters. The average Bonchev–Trinajstić information content (AvgIpc) is 3.31. The molecule has 34 heavy (non-hydrogen) atoms. The SMILES string of the molecule is Cc1ccc(C(C)NC2CCC(c3[nH]nc(-c4ccc(Cl)cc4)c3-c3ccncn3)CC2)cc1. The number of H-pyrrole nitrogens is 1. The molecule has 2 heterocycles. The molecule has 1 fully saturated rings. The fourth-order valence-electron chi connectivity index (χ4n) is 5.02. The number of nitrogens with zero attached hydrogens (tertiary/aromatic N) is 3. The zero-order valence-corrected chi connectivity index (χ0v) is 20.4. The maximum absolute atomic E-state index is 6.12. The molecule has 2 N–H and O–H groups in total. The van der Waals surface area contributed by atoms with E-state index in [0.29, 0.717) is 23.0 Å². The maximum atomic E-state index is 6.12. The zero-order chi connectivity index (χ0) is 23.5. The van der Waals surface area contributed by atoms with E-state index in [4.69, 9.17) is 16.7 Å². The molecule has 0 bridgehead atoms. The molecule has 0 saturated heterocycles. The van der Waals surface area contributed by atoms with Gasteiger partial charge in [0.2, 0.25) is 0 Å². The molecule has 0 amide bonds. The number of aromatic amines is 1. The monoisotopic (exact) mass is 471 g/mol. The zero-order valence-electron chi connectivity index (χ0n) is 19.6. The number of aryl methyl sites for hydroxylation is 1. The predicted octanol–water partition coefficient (Wildman–Crippen LogP) is 6.87. The lowest BCUT2D eigenvalue weighted by Crippen LogP contribution is -2.34. The lowest BCUT2D eigenvalue weighted by atomic mass is 9.81. The smallest absolute Gasteiger partial charge is 0.116 e. The molecule has 5 nitrogen and oxygen atoms in total. The number of rotatable bonds is 6. The lowest BCUT2D eigenvalue weighted by Gasteiger charge is -2.31. The van der Waals surface area contributed by atoms with Gasteiger partial charge in [-0.25, -0.2) is 9.97 Å². The number of halogens is 1. The normalized spacial score (nSPS) is 19.1. The third-order valence-corrected chi connectivity index (χ3v) is 7.20. The molecule has 2 aromatic heterocycles. The topological polar surface area (TPSA) is 66.5 Å². The summed E-state index contributed by atoms with van der Waals surface area (Å²) in [5.74, 6) is 0.422.